The lowest BCUT2D eigenvalue weighted by Crippen LogP contribution is -1.90. The summed E-state index contributed by atoms with van der Waals surface area (Å²) in [4.78, 5) is 15.4. The number of hydrogen-bond donors (Lipinski definition) is 0. The molecule has 2 aromatic rings. The molecule has 0 atom stereocenters. The monoisotopic (exact) mass is 172 g/mol. The molecule has 0 aliphatic carbocycles. The molecule has 0 amide bonds. The quantitative estimate of drug-likeness (QED) is 0.638. The molecule has 0 bridgehead atoms. The third-order valence-electron chi connectivity index (χ3n) is 1.50. The van der Waals surface area contributed by atoms with E-state index in [0.717, 1.165) is 0 Å². The van der Waals surface area contributed by atoms with Crippen LogP contribution in [-0.4, -0.2) is 19.9 Å². The molecule has 63 valence electrons. The molecule has 5 nitrogen and oxygen atoms in total. The highest BCUT2D eigenvalue weighted by Gasteiger charge is 1.99. The standard InChI is InChI=1S/C8H6N5/c9-8-11-4-2-7(13-8)6-1-3-10-5-12-6/h1-5,9H. The second-order valence-electron chi connectivity index (χ2n) is 2.36. The van der Waals surface area contributed by atoms with Crippen molar-refractivity contribution in [3.05, 3.63) is 30.9 Å². The second-order valence-corrected chi connectivity index (χ2v) is 2.36. The fourth-order valence-corrected chi connectivity index (χ4v) is 0.944. The van der Waals surface area contributed by atoms with Gasteiger partial charge in [-0.2, -0.15) is 0 Å². The van der Waals surface area contributed by atoms with Crippen LogP contribution in [0.5, 0.6) is 0 Å². The lowest BCUT2D eigenvalue weighted by Gasteiger charge is -1.97. The first-order valence-corrected chi connectivity index (χ1v) is 3.67. The molecular formula is C8H6N5. The van der Waals surface area contributed by atoms with E-state index in [9.17, 15) is 0 Å². The van der Waals surface area contributed by atoms with Crippen molar-refractivity contribution in [3.8, 4) is 11.4 Å². The van der Waals surface area contributed by atoms with Gasteiger partial charge in [-0.3, -0.25) is 5.73 Å². The maximum atomic E-state index is 7.22. The molecule has 1 radical (unpaired) electrons. The molecule has 0 spiro atoms. The largest absolute Gasteiger partial charge is 0.265 e. The van der Waals surface area contributed by atoms with Gasteiger partial charge in [0, 0.05) is 12.4 Å². The van der Waals surface area contributed by atoms with Crippen molar-refractivity contribution in [1.82, 2.24) is 25.7 Å². The maximum absolute atomic E-state index is 7.22. The van der Waals surface area contributed by atoms with Crippen LogP contribution >= 0.6 is 0 Å². The summed E-state index contributed by atoms with van der Waals surface area (Å²) in [5.41, 5.74) is 8.56. The van der Waals surface area contributed by atoms with Crippen molar-refractivity contribution in [2.24, 2.45) is 0 Å². The van der Waals surface area contributed by atoms with E-state index in [4.69, 9.17) is 5.73 Å². The van der Waals surface area contributed by atoms with E-state index in [0.29, 0.717) is 11.4 Å². The van der Waals surface area contributed by atoms with Gasteiger partial charge in [0.2, 0.25) is 5.95 Å². The summed E-state index contributed by atoms with van der Waals surface area (Å²) in [5.74, 6) is -0.00360. The van der Waals surface area contributed by atoms with E-state index in [2.05, 4.69) is 19.9 Å². The van der Waals surface area contributed by atoms with E-state index >= 15 is 0 Å². The predicted molar refractivity (Wildman–Crippen MR) is 45.8 cm³/mol. The normalized spacial score (nSPS) is 9.85. The van der Waals surface area contributed by atoms with Crippen LogP contribution < -0.4 is 5.73 Å². The SMILES string of the molecule is [NH]c1nccc(-c2ccncn2)n1. The molecule has 2 heterocycles. The maximum Gasteiger partial charge on any atom is 0.242 e. The van der Waals surface area contributed by atoms with E-state index in [1.54, 1.807) is 18.3 Å². The number of rotatable bonds is 1. The van der Waals surface area contributed by atoms with Crippen LogP contribution in [0.15, 0.2) is 30.9 Å². The van der Waals surface area contributed by atoms with E-state index in [1.807, 2.05) is 0 Å². The van der Waals surface area contributed by atoms with Crippen molar-refractivity contribution in [1.29, 1.82) is 0 Å². The Morgan fingerprint density at radius 3 is 2.54 bits per heavy atom. The van der Waals surface area contributed by atoms with Crippen LogP contribution in [0, 0.1) is 0 Å². The molecule has 0 fully saturated rings. The molecule has 0 unspecified atom stereocenters. The van der Waals surface area contributed by atoms with Crippen LogP contribution in [0.2, 0.25) is 0 Å². The zero-order valence-electron chi connectivity index (χ0n) is 6.68. The Morgan fingerprint density at radius 1 is 1.00 bits per heavy atom. The fourth-order valence-electron chi connectivity index (χ4n) is 0.944. The Bertz CT molecular complexity index is 400. The van der Waals surface area contributed by atoms with Gasteiger partial charge < -0.3 is 0 Å². The molecule has 0 aliphatic rings. The van der Waals surface area contributed by atoms with Gasteiger partial charge in [-0.25, -0.2) is 19.9 Å². The van der Waals surface area contributed by atoms with E-state index in [1.165, 1.54) is 12.5 Å². The van der Waals surface area contributed by atoms with Crippen LogP contribution in [0.3, 0.4) is 0 Å². The highest BCUT2D eigenvalue weighted by Crippen LogP contribution is 2.12. The summed E-state index contributed by atoms with van der Waals surface area (Å²) in [6.07, 6.45) is 4.61. The highest BCUT2D eigenvalue weighted by molar-refractivity contribution is 5.53. The van der Waals surface area contributed by atoms with Crippen LogP contribution in [-0.2, 0) is 0 Å². The Labute approximate surface area is 74.7 Å². The summed E-state index contributed by atoms with van der Waals surface area (Å²) >= 11 is 0. The molecule has 2 aromatic heterocycles. The third kappa shape index (κ3) is 1.58. The lowest BCUT2D eigenvalue weighted by atomic mass is 10.3. The minimum absolute atomic E-state index is 0.00360. The summed E-state index contributed by atoms with van der Waals surface area (Å²) < 4.78 is 0. The van der Waals surface area contributed by atoms with Gasteiger partial charge >= 0.3 is 0 Å². The average molecular weight is 172 g/mol. The van der Waals surface area contributed by atoms with Crippen LogP contribution in [0.25, 0.3) is 11.4 Å². The van der Waals surface area contributed by atoms with E-state index < -0.39 is 0 Å². The predicted octanol–water partition coefficient (Wildman–Crippen LogP) is 0.848. The van der Waals surface area contributed by atoms with Gasteiger partial charge in [-0.15, -0.1) is 0 Å². The Kier molecular flexibility index (Phi) is 1.84. The molecule has 0 saturated carbocycles. The molecule has 13 heavy (non-hydrogen) atoms. The van der Waals surface area contributed by atoms with Crippen LogP contribution in [0.1, 0.15) is 0 Å². The smallest absolute Gasteiger partial charge is 0.242 e. The van der Waals surface area contributed by atoms with Gasteiger partial charge in [0.05, 0.1) is 11.4 Å². The minimum atomic E-state index is -0.00360. The first-order chi connectivity index (χ1) is 6.36. The summed E-state index contributed by atoms with van der Waals surface area (Å²) in [5, 5.41) is 0. The highest BCUT2D eigenvalue weighted by atomic mass is 15.0. The van der Waals surface area contributed by atoms with Crippen molar-refractivity contribution in [2.75, 3.05) is 0 Å². The molecule has 0 saturated heterocycles. The molecule has 0 aromatic carbocycles. The Hall–Kier alpha value is -2.04. The van der Waals surface area contributed by atoms with Crippen molar-refractivity contribution < 1.29 is 0 Å². The first kappa shape index (κ1) is 7.60. The number of aromatic nitrogens is 4. The Balaban J connectivity index is 2.48. The van der Waals surface area contributed by atoms with Gasteiger partial charge in [0.1, 0.15) is 6.33 Å². The fraction of sp³-hybridized carbons (Fsp3) is 0. The van der Waals surface area contributed by atoms with Crippen molar-refractivity contribution in [2.45, 2.75) is 0 Å². The second kappa shape index (κ2) is 3.14. The lowest BCUT2D eigenvalue weighted by molar-refractivity contribution is 1.10. The summed E-state index contributed by atoms with van der Waals surface area (Å²) in [6.45, 7) is 0. The minimum Gasteiger partial charge on any atom is -0.265 e. The topological polar surface area (TPSA) is 75.4 Å². The summed E-state index contributed by atoms with van der Waals surface area (Å²) in [7, 11) is 0. The van der Waals surface area contributed by atoms with Gasteiger partial charge in [-0.1, -0.05) is 0 Å². The first-order valence-electron chi connectivity index (χ1n) is 3.67. The third-order valence-corrected chi connectivity index (χ3v) is 1.50. The number of nitrogens with zero attached hydrogens (tertiary/aromatic N) is 4. The molecule has 2 rings (SSSR count). The van der Waals surface area contributed by atoms with Gasteiger partial charge in [0.25, 0.3) is 0 Å². The van der Waals surface area contributed by atoms with E-state index in [-0.39, 0.29) is 5.95 Å². The number of nitrogens with one attached hydrogen (secondary N) is 1. The zero-order valence-corrected chi connectivity index (χ0v) is 6.68. The van der Waals surface area contributed by atoms with Crippen molar-refractivity contribution in [3.63, 3.8) is 0 Å². The van der Waals surface area contributed by atoms with Gasteiger partial charge in [-0.05, 0) is 12.1 Å². The molecule has 5 heteroatoms. The average Bonchev–Trinajstić information content (AvgIpc) is 2.19. The molecule has 0 aliphatic heterocycles. The zero-order chi connectivity index (χ0) is 9.10. The molecule has 1 N–H and O–H groups in total. The number of hydrogen-bond acceptors (Lipinski definition) is 4. The Morgan fingerprint density at radius 2 is 1.85 bits per heavy atom. The molecular weight excluding hydrogens is 166 g/mol. The van der Waals surface area contributed by atoms with Gasteiger partial charge in [0.15, 0.2) is 0 Å². The van der Waals surface area contributed by atoms with Crippen LogP contribution in [0.4, 0.5) is 5.95 Å². The summed E-state index contributed by atoms with van der Waals surface area (Å²) in [6, 6.07) is 3.45. The van der Waals surface area contributed by atoms with Crippen molar-refractivity contribution >= 4 is 5.95 Å².